The van der Waals surface area contributed by atoms with E-state index in [0.29, 0.717) is 24.7 Å². The number of anilines is 1. The van der Waals surface area contributed by atoms with Crippen molar-refractivity contribution in [2.45, 2.75) is 51.2 Å². The molecule has 0 aromatic heterocycles. The number of benzene rings is 2. The van der Waals surface area contributed by atoms with Crippen molar-refractivity contribution >= 4 is 27.5 Å². The van der Waals surface area contributed by atoms with Gasteiger partial charge in [0.2, 0.25) is 21.8 Å². The van der Waals surface area contributed by atoms with Crippen molar-refractivity contribution in [3.63, 3.8) is 0 Å². The minimum Gasteiger partial charge on any atom is -0.486 e. The highest BCUT2D eigenvalue weighted by Crippen LogP contribution is 2.34. The van der Waals surface area contributed by atoms with Gasteiger partial charge < -0.3 is 19.7 Å². The number of nitrogens with zero attached hydrogens (tertiary/aromatic N) is 2. The minimum atomic E-state index is -3.82. The molecule has 1 aliphatic heterocycles. The van der Waals surface area contributed by atoms with Crippen molar-refractivity contribution in [3.8, 4) is 11.5 Å². The van der Waals surface area contributed by atoms with Gasteiger partial charge in [0.1, 0.15) is 25.8 Å². The molecule has 1 saturated carbocycles. The average Bonchev–Trinajstić information content (AvgIpc) is 3.38. The van der Waals surface area contributed by atoms with Gasteiger partial charge in [0, 0.05) is 18.7 Å². The molecule has 1 N–H and O–H groups in total. The second-order valence-corrected chi connectivity index (χ2v) is 11.2. The van der Waals surface area contributed by atoms with Crippen molar-refractivity contribution in [2.75, 3.05) is 30.3 Å². The molecule has 1 fully saturated rings. The van der Waals surface area contributed by atoms with Crippen LogP contribution >= 0.6 is 0 Å². The Morgan fingerprint density at radius 3 is 2.36 bits per heavy atom. The number of carbonyl (C=O) groups excluding carboxylic acids is 2. The topological polar surface area (TPSA) is 105 Å². The molecule has 2 aliphatic rings. The van der Waals surface area contributed by atoms with Crippen LogP contribution in [0, 0.1) is 0 Å². The first kappa shape index (κ1) is 25.8. The summed E-state index contributed by atoms with van der Waals surface area (Å²) in [6.07, 6.45) is 5.05. The van der Waals surface area contributed by atoms with Gasteiger partial charge in [0.05, 0.1) is 11.9 Å². The quantitative estimate of drug-likeness (QED) is 0.551. The lowest BCUT2D eigenvalue weighted by molar-refractivity contribution is -0.139. The molecule has 0 radical (unpaired) electrons. The second-order valence-electron chi connectivity index (χ2n) is 9.27. The van der Waals surface area contributed by atoms with Crippen LogP contribution in [0.15, 0.2) is 48.5 Å². The van der Waals surface area contributed by atoms with Crippen LogP contribution in [0.5, 0.6) is 11.5 Å². The molecule has 0 spiro atoms. The van der Waals surface area contributed by atoms with Gasteiger partial charge in [-0.15, -0.1) is 0 Å². The molecule has 2 amide bonds. The van der Waals surface area contributed by atoms with Gasteiger partial charge in [-0.25, -0.2) is 8.42 Å². The van der Waals surface area contributed by atoms with E-state index >= 15 is 0 Å². The fourth-order valence-electron chi connectivity index (χ4n) is 4.56. The first-order valence-corrected chi connectivity index (χ1v) is 14.1. The number of rotatable bonds is 9. The molecular weight excluding hydrogens is 482 g/mol. The Morgan fingerprint density at radius 1 is 1.03 bits per heavy atom. The number of carbonyl (C=O) groups is 2. The predicted molar refractivity (Wildman–Crippen MR) is 136 cm³/mol. The summed E-state index contributed by atoms with van der Waals surface area (Å²) in [7, 11) is -3.82. The summed E-state index contributed by atoms with van der Waals surface area (Å²) in [6.45, 7) is 2.17. The maximum Gasteiger partial charge on any atom is 0.244 e. The van der Waals surface area contributed by atoms with Crippen LogP contribution in [0.4, 0.5) is 5.69 Å². The van der Waals surface area contributed by atoms with Gasteiger partial charge in [-0.3, -0.25) is 13.9 Å². The fourth-order valence-corrected chi connectivity index (χ4v) is 5.40. The predicted octanol–water partition coefficient (Wildman–Crippen LogP) is 2.70. The van der Waals surface area contributed by atoms with Crippen molar-refractivity contribution in [3.05, 3.63) is 54.1 Å². The van der Waals surface area contributed by atoms with Crippen LogP contribution in [-0.2, 0) is 26.2 Å². The molecule has 1 unspecified atom stereocenters. The first-order valence-electron chi connectivity index (χ1n) is 12.2. The highest BCUT2D eigenvalue weighted by molar-refractivity contribution is 7.92. The molecule has 1 heterocycles. The summed E-state index contributed by atoms with van der Waals surface area (Å²) >= 11 is 0. The Kier molecular flexibility index (Phi) is 8.03. The van der Waals surface area contributed by atoms with Gasteiger partial charge in [-0.2, -0.15) is 0 Å². The summed E-state index contributed by atoms with van der Waals surface area (Å²) in [5, 5.41) is 3.05. The van der Waals surface area contributed by atoms with Crippen LogP contribution in [0.3, 0.4) is 0 Å². The number of nitrogens with one attached hydrogen (secondary N) is 1. The Bertz CT molecular complexity index is 1180. The molecule has 4 rings (SSSR count). The Hall–Kier alpha value is -3.27. The lowest BCUT2D eigenvalue weighted by atomic mass is 10.1. The number of sulfonamides is 1. The second kappa shape index (κ2) is 11.2. The summed E-state index contributed by atoms with van der Waals surface area (Å²) in [5.74, 6) is 0.225. The summed E-state index contributed by atoms with van der Waals surface area (Å²) in [4.78, 5) is 28.2. The Labute approximate surface area is 212 Å². The number of amides is 2. The Balaban J connectivity index is 1.58. The van der Waals surface area contributed by atoms with Crippen molar-refractivity contribution < 1.29 is 27.5 Å². The summed E-state index contributed by atoms with van der Waals surface area (Å²) in [6, 6.07) is 13.4. The SMILES string of the molecule is CC(C(=O)NC1CCCC1)N(Cc1ccccc1)C(=O)CN(c1ccc2c(c1)OCCO2)S(C)(=O)=O. The molecule has 9 nitrogen and oxygen atoms in total. The molecule has 1 aliphatic carbocycles. The normalized spacial score (nSPS) is 16.3. The van der Waals surface area contributed by atoms with E-state index in [2.05, 4.69) is 5.32 Å². The van der Waals surface area contributed by atoms with Crippen molar-refractivity contribution in [1.29, 1.82) is 0 Å². The van der Waals surface area contributed by atoms with Gasteiger partial charge in [-0.1, -0.05) is 43.2 Å². The Morgan fingerprint density at radius 2 is 1.69 bits per heavy atom. The third-order valence-electron chi connectivity index (χ3n) is 6.56. The van der Waals surface area contributed by atoms with Gasteiger partial charge >= 0.3 is 0 Å². The number of hydrogen-bond donors (Lipinski definition) is 1. The third kappa shape index (κ3) is 6.29. The van der Waals surface area contributed by atoms with Crippen molar-refractivity contribution in [2.24, 2.45) is 0 Å². The van der Waals surface area contributed by atoms with E-state index < -0.39 is 28.5 Å². The standard InChI is InChI=1S/C26H33N3O6S/c1-19(26(31)27-21-10-6-7-11-21)28(17-20-8-4-3-5-9-20)25(30)18-29(36(2,32)33)22-12-13-23-24(16-22)35-15-14-34-23/h3-5,8-9,12-13,16,19,21H,6-7,10-11,14-15,17-18H2,1-2H3,(H,27,31). The number of hydrogen-bond acceptors (Lipinski definition) is 6. The molecule has 1 atom stereocenters. The largest absolute Gasteiger partial charge is 0.486 e. The highest BCUT2D eigenvalue weighted by Gasteiger charge is 2.31. The van der Waals surface area contributed by atoms with Gasteiger partial charge in [0.15, 0.2) is 11.5 Å². The van der Waals surface area contributed by atoms with E-state index in [1.54, 1.807) is 25.1 Å². The molecule has 36 heavy (non-hydrogen) atoms. The fraction of sp³-hybridized carbons (Fsp3) is 0.462. The maximum atomic E-state index is 13.6. The van der Waals surface area contributed by atoms with Crippen LogP contribution in [0.2, 0.25) is 0 Å². The summed E-state index contributed by atoms with van der Waals surface area (Å²) in [5.41, 5.74) is 1.13. The molecule has 2 aromatic rings. The molecule has 2 aromatic carbocycles. The van der Waals surface area contributed by atoms with Gasteiger partial charge in [0.25, 0.3) is 0 Å². The first-order chi connectivity index (χ1) is 17.2. The van der Waals surface area contributed by atoms with Crippen LogP contribution in [0.1, 0.15) is 38.2 Å². The zero-order chi connectivity index (χ0) is 25.7. The zero-order valence-electron chi connectivity index (χ0n) is 20.7. The number of fused-ring (bicyclic) bond motifs is 1. The van der Waals surface area contributed by atoms with Crippen LogP contribution in [0.25, 0.3) is 0 Å². The third-order valence-corrected chi connectivity index (χ3v) is 7.70. The lowest BCUT2D eigenvalue weighted by Crippen LogP contribution is -2.52. The monoisotopic (exact) mass is 515 g/mol. The molecule has 10 heteroatoms. The van der Waals surface area contributed by atoms with E-state index in [-0.39, 0.29) is 24.2 Å². The van der Waals surface area contributed by atoms with Crippen LogP contribution < -0.4 is 19.1 Å². The van der Waals surface area contributed by atoms with Gasteiger partial charge in [-0.05, 0) is 37.5 Å². The molecule has 0 saturated heterocycles. The smallest absolute Gasteiger partial charge is 0.244 e. The van der Waals surface area contributed by atoms with E-state index in [1.165, 1.54) is 4.90 Å². The zero-order valence-corrected chi connectivity index (χ0v) is 21.5. The molecule has 194 valence electrons. The highest BCUT2D eigenvalue weighted by atomic mass is 32.2. The van der Waals surface area contributed by atoms with E-state index in [1.807, 2.05) is 30.3 Å². The van der Waals surface area contributed by atoms with E-state index in [0.717, 1.165) is 41.8 Å². The van der Waals surface area contributed by atoms with Crippen LogP contribution in [-0.4, -0.2) is 63.2 Å². The molecular formula is C26H33N3O6S. The maximum absolute atomic E-state index is 13.6. The van der Waals surface area contributed by atoms with E-state index in [9.17, 15) is 18.0 Å². The summed E-state index contributed by atoms with van der Waals surface area (Å²) < 4.78 is 37.7. The average molecular weight is 516 g/mol. The lowest BCUT2D eigenvalue weighted by Gasteiger charge is -2.32. The number of ether oxygens (including phenoxy) is 2. The van der Waals surface area contributed by atoms with E-state index in [4.69, 9.17) is 9.47 Å². The molecule has 0 bridgehead atoms. The minimum absolute atomic E-state index is 0.110. The van der Waals surface area contributed by atoms with Crippen molar-refractivity contribution in [1.82, 2.24) is 10.2 Å².